The van der Waals surface area contributed by atoms with E-state index in [4.69, 9.17) is 4.74 Å². The van der Waals surface area contributed by atoms with Gasteiger partial charge in [0.15, 0.2) is 0 Å². The Morgan fingerprint density at radius 3 is 2.86 bits per heavy atom. The molecule has 1 rings (SSSR count). The van der Waals surface area contributed by atoms with E-state index in [1.165, 1.54) is 0 Å². The fraction of sp³-hybridized carbons (Fsp3) is 0.364. The minimum Gasteiger partial charge on any atom is -0.375 e. The van der Waals surface area contributed by atoms with Gasteiger partial charge in [0.25, 0.3) is 0 Å². The van der Waals surface area contributed by atoms with Gasteiger partial charge in [-0.25, -0.2) is 0 Å². The molecule has 0 unspecified atom stereocenters. The Labute approximate surface area is 93.1 Å². The lowest BCUT2D eigenvalue weighted by Crippen LogP contribution is -2.01. The van der Waals surface area contributed by atoms with Crippen LogP contribution in [0.1, 0.15) is 19.5 Å². The van der Waals surface area contributed by atoms with Gasteiger partial charge in [0.2, 0.25) is 0 Å². The molecule has 0 aliphatic rings. The molecule has 0 atom stereocenters. The molecule has 0 bridgehead atoms. The summed E-state index contributed by atoms with van der Waals surface area (Å²) in [5.41, 5.74) is 0.945. The van der Waals surface area contributed by atoms with Gasteiger partial charge in [0, 0.05) is 10.7 Å². The minimum atomic E-state index is 0.275. The molecule has 0 saturated carbocycles. The summed E-state index contributed by atoms with van der Waals surface area (Å²) in [7, 11) is 0. The molecule has 76 valence electrons. The highest BCUT2D eigenvalue weighted by Gasteiger charge is 1.90. The van der Waals surface area contributed by atoms with E-state index in [-0.39, 0.29) is 6.10 Å². The molecule has 0 amide bonds. The molecule has 0 N–H and O–H groups in total. The minimum absolute atomic E-state index is 0.275. The van der Waals surface area contributed by atoms with Crippen LogP contribution >= 0.6 is 15.9 Å². The number of pyridine rings is 1. The molecule has 0 fully saturated rings. The van der Waals surface area contributed by atoms with Crippen LogP contribution in [0.3, 0.4) is 0 Å². The van der Waals surface area contributed by atoms with E-state index in [0.29, 0.717) is 6.61 Å². The number of hydrogen-bond acceptors (Lipinski definition) is 2. The molecule has 0 aliphatic heterocycles. The predicted octanol–water partition coefficient (Wildman–Crippen LogP) is 3.28. The molecule has 0 aromatic carbocycles. The molecule has 0 saturated heterocycles. The van der Waals surface area contributed by atoms with Crippen LogP contribution in [0.15, 0.2) is 28.9 Å². The Balaban J connectivity index is 2.40. The second kappa shape index (κ2) is 5.94. The van der Waals surface area contributed by atoms with Crippen LogP contribution in [0.2, 0.25) is 0 Å². The van der Waals surface area contributed by atoms with Crippen molar-refractivity contribution in [2.24, 2.45) is 0 Å². The maximum atomic E-state index is 5.36. The molecule has 2 nitrogen and oxygen atoms in total. The average Bonchev–Trinajstić information content (AvgIpc) is 2.15. The van der Waals surface area contributed by atoms with Crippen LogP contribution in [0.25, 0.3) is 6.08 Å². The molecule has 0 aliphatic carbocycles. The Morgan fingerprint density at radius 2 is 2.29 bits per heavy atom. The second-order valence-corrected chi connectivity index (χ2v) is 4.10. The maximum Gasteiger partial charge on any atom is 0.0654 e. The molecule has 1 aromatic heterocycles. The molecule has 0 spiro atoms. The smallest absolute Gasteiger partial charge is 0.0654 e. The fourth-order valence-electron chi connectivity index (χ4n) is 0.903. The van der Waals surface area contributed by atoms with Crippen molar-refractivity contribution in [2.75, 3.05) is 6.61 Å². The Morgan fingerprint density at radius 1 is 1.50 bits per heavy atom. The zero-order valence-electron chi connectivity index (χ0n) is 8.40. The third kappa shape index (κ3) is 4.53. The SMILES string of the molecule is CC(C)OC/C=C/c1ccc(Br)cn1. The number of halogens is 1. The normalized spacial score (nSPS) is 11.4. The zero-order valence-corrected chi connectivity index (χ0v) is 9.99. The number of ether oxygens (including phenoxy) is 1. The molecule has 1 heterocycles. The topological polar surface area (TPSA) is 22.1 Å². The Hall–Kier alpha value is -0.670. The quantitative estimate of drug-likeness (QED) is 0.824. The number of hydrogen-bond donors (Lipinski definition) is 0. The summed E-state index contributed by atoms with van der Waals surface area (Å²) >= 11 is 3.34. The van der Waals surface area contributed by atoms with Gasteiger partial charge in [-0.1, -0.05) is 6.08 Å². The largest absolute Gasteiger partial charge is 0.375 e. The van der Waals surface area contributed by atoms with Crippen molar-refractivity contribution >= 4 is 22.0 Å². The van der Waals surface area contributed by atoms with E-state index in [1.54, 1.807) is 6.20 Å². The molecule has 3 heteroatoms. The standard InChI is InChI=1S/C11H14BrNO/c1-9(2)14-7-3-4-11-6-5-10(12)8-13-11/h3-6,8-9H,7H2,1-2H3/b4-3+. The summed E-state index contributed by atoms with van der Waals surface area (Å²) in [5, 5.41) is 0. The summed E-state index contributed by atoms with van der Waals surface area (Å²) in [5.74, 6) is 0. The highest BCUT2D eigenvalue weighted by Crippen LogP contribution is 2.08. The van der Waals surface area contributed by atoms with Crippen molar-refractivity contribution in [3.8, 4) is 0 Å². The van der Waals surface area contributed by atoms with Gasteiger partial charge in [-0.2, -0.15) is 0 Å². The monoisotopic (exact) mass is 255 g/mol. The summed E-state index contributed by atoms with van der Waals surface area (Å²) in [6, 6.07) is 3.92. The fourth-order valence-corrected chi connectivity index (χ4v) is 1.14. The van der Waals surface area contributed by atoms with E-state index in [1.807, 2.05) is 38.1 Å². The summed E-state index contributed by atoms with van der Waals surface area (Å²) in [6.45, 7) is 4.67. The van der Waals surface area contributed by atoms with Crippen LogP contribution in [0, 0.1) is 0 Å². The number of aromatic nitrogens is 1. The first-order valence-corrected chi connectivity index (χ1v) is 5.37. The van der Waals surface area contributed by atoms with Crippen molar-refractivity contribution in [1.82, 2.24) is 4.98 Å². The van der Waals surface area contributed by atoms with Crippen molar-refractivity contribution < 1.29 is 4.74 Å². The number of rotatable bonds is 4. The zero-order chi connectivity index (χ0) is 10.4. The van der Waals surface area contributed by atoms with Crippen LogP contribution in [-0.2, 0) is 4.74 Å². The van der Waals surface area contributed by atoms with E-state index in [9.17, 15) is 0 Å². The Bertz CT molecular complexity index is 293. The second-order valence-electron chi connectivity index (χ2n) is 3.19. The molecule has 0 radical (unpaired) electrons. The van der Waals surface area contributed by atoms with Gasteiger partial charge in [-0.05, 0) is 48.0 Å². The summed E-state index contributed by atoms with van der Waals surface area (Å²) < 4.78 is 6.36. The lowest BCUT2D eigenvalue weighted by molar-refractivity contribution is 0.103. The van der Waals surface area contributed by atoms with Gasteiger partial charge >= 0.3 is 0 Å². The number of nitrogens with zero attached hydrogens (tertiary/aromatic N) is 1. The lowest BCUT2D eigenvalue weighted by Gasteiger charge is -2.02. The van der Waals surface area contributed by atoms with Gasteiger partial charge in [-0.3, -0.25) is 4.98 Å². The average molecular weight is 256 g/mol. The third-order valence-corrected chi connectivity index (χ3v) is 2.03. The van der Waals surface area contributed by atoms with Crippen molar-refractivity contribution in [3.63, 3.8) is 0 Å². The molecule has 14 heavy (non-hydrogen) atoms. The van der Waals surface area contributed by atoms with Gasteiger partial charge < -0.3 is 4.74 Å². The van der Waals surface area contributed by atoms with Crippen molar-refractivity contribution in [1.29, 1.82) is 0 Å². The van der Waals surface area contributed by atoms with Crippen LogP contribution in [-0.4, -0.2) is 17.7 Å². The molecular formula is C11H14BrNO. The lowest BCUT2D eigenvalue weighted by atomic mass is 10.3. The third-order valence-electron chi connectivity index (χ3n) is 1.56. The van der Waals surface area contributed by atoms with Crippen molar-refractivity contribution in [2.45, 2.75) is 20.0 Å². The van der Waals surface area contributed by atoms with Gasteiger partial charge in [0.05, 0.1) is 18.4 Å². The van der Waals surface area contributed by atoms with Crippen molar-refractivity contribution in [3.05, 3.63) is 34.6 Å². The highest BCUT2D eigenvalue weighted by atomic mass is 79.9. The first-order valence-electron chi connectivity index (χ1n) is 4.58. The van der Waals surface area contributed by atoms with Crippen LogP contribution in [0.5, 0.6) is 0 Å². The maximum absolute atomic E-state index is 5.36. The van der Waals surface area contributed by atoms with Crippen LogP contribution < -0.4 is 0 Å². The molecule has 1 aromatic rings. The predicted molar refractivity (Wildman–Crippen MR) is 62.1 cm³/mol. The summed E-state index contributed by atoms with van der Waals surface area (Å²) in [4.78, 5) is 4.21. The highest BCUT2D eigenvalue weighted by molar-refractivity contribution is 9.10. The summed E-state index contributed by atoms with van der Waals surface area (Å²) in [6.07, 6.45) is 5.98. The van der Waals surface area contributed by atoms with E-state index < -0.39 is 0 Å². The van der Waals surface area contributed by atoms with E-state index in [0.717, 1.165) is 10.2 Å². The first-order chi connectivity index (χ1) is 6.68. The Kier molecular flexibility index (Phi) is 4.84. The van der Waals surface area contributed by atoms with Crippen LogP contribution in [0.4, 0.5) is 0 Å². The van der Waals surface area contributed by atoms with E-state index >= 15 is 0 Å². The van der Waals surface area contributed by atoms with E-state index in [2.05, 4.69) is 20.9 Å². The first kappa shape index (κ1) is 11.4. The van der Waals surface area contributed by atoms with Gasteiger partial charge in [-0.15, -0.1) is 0 Å². The molecular weight excluding hydrogens is 242 g/mol. The van der Waals surface area contributed by atoms with Gasteiger partial charge in [0.1, 0.15) is 0 Å².